The van der Waals surface area contributed by atoms with E-state index in [4.69, 9.17) is 0 Å². The molecule has 0 bridgehead atoms. The molecule has 1 aromatic rings. The van der Waals surface area contributed by atoms with Crippen LogP contribution in [0.15, 0.2) is 23.8 Å². The van der Waals surface area contributed by atoms with Crippen molar-refractivity contribution in [2.45, 2.75) is 33.7 Å². The zero-order valence-corrected chi connectivity index (χ0v) is 10.1. The molecule has 1 N–H and O–H groups in total. The smallest absolute Gasteiger partial charge is 0.0302 e. The molecule has 0 saturated carbocycles. The zero-order valence-electron chi connectivity index (χ0n) is 9.26. The first-order valence-electron chi connectivity index (χ1n) is 5.14. The first kappa shape index (κ1) is 11.5. The monoisotopic (exact) mass is 209 g/mol. The quantitative estimate of drug-likeness (QED) is 0.579. The highest BCUT2D eigenvalue weighted by molar-refractivity contribution is 7.11. The molecule has 1 nitrogen and oxygen atoms in total. The largest absolute Gasteiger partial charge is 0.308 e. The van der Waals surface area contributed by atoms with Crippen LogP contribution in [0.25, 0.3) is 0 Å². The van der Waals surface area contributed by atoms with Crippen molar-refractivity contribution < 1.29 is 0 Å². The molecule has 0 amide bonds. The number of rotatable bonds is 5. The summed E-state index contributed by atoms with van der Waals surface area (Å²) in [6.45, 7) is 8.42. The Morgan fingerprint density at radius 1 is 1.36 bits per heavy atom. The van der Waals surface area contributed by atoms with Gasteiger partial charge in [-0.1, -0.05) is 18.6 Å². The lowest BCUT2D eigenvalue weighted by atomic mass is 10.3. The Balaban J connectivity index is 2.28. The van der Waals surface area contributed by atoms with Crippen LogP contribution in [-0.4, -0.2) is 6.54 Å². The Hall–Kier alpha value is -0.600. The van der Waals surface area contributed by atoms with Crippen molar-refractivity contribution in [1.29, 1.82) is 0 Å². The minimum Gasteiger partial charge on any atom is -0.308 e. The van der Waals surface area contributed by atoms with E-state index in [2.05, 4.69) is 44.3 Å². The molecule has 0 aliphatic rings. The zero-order chi connectivity index (χ0) is 10.4. The van der Waals surface area contributed by atoms with Crippen molar-refractivity contribution in [3.8, 4) is 0 Å². The summed E-state index contributed by atoms with van der Waals surface area (Å²) in [4.78, 5) is 2.91. The highest BCUT2D eigenvalue weighted by atomic mass is 32.1. The number of aryl methyl sites for hydroxylation is 1. The molecule has 0 spiro atoms. The van der Waals surface area contributed by atoms with Gasteiger partial charge in [-0.15, -0.1) is 11.3 Å². The van der Waals surface area contributed by atoms with Gasteiger partial charge in [0.25, 0.3) is 0 Å². The normalized spacial score (nSPS) is 10.2. The lowest BCUT2D eigenvalue weighted by molar-refractivity contribution is 0.767. The first-order valence-corrected chi connectivity index (χ1v) is 5.95. The van der Waals surface area contributed by atoms with Gasteiger partial charge in [-0.2, -0.15) is 0 Å². The van der Waals surface area contributed by atoms with Crippen molar-refractivity contribution in [2.75, 3.05) is 6.54 Å². The highest BCUT2D eigenvalue weighted by Gasteiger charge is 1.96. The van der Waals surface area contributed by atoms with E-state index in [1.54, 1.807) is 0 Å². The SMILES string of the molecule is CCc1ccc(CNCC=C(C)C)s1. The maximum Gasteiger partial charge on any atom is 0.0302 e. The molecular weight excluding hydrogens is 190 g/mol. The lowest BCUT2D eigenvalue weighted by Crippen LogP contribution is -2.11. The van der Waals surface area contributed by atoms with Gasteiger partial charge in [0.15, 0.2) is 0 Å². The van der Waals surface area contributed by atoms with Gasteiger partial charge < -0.3 is 5.32 Å². The number of hydrogen-bond acceptors (Lipinski definition) is 2. The van der Waals surface area contributed by atoms with Gasteiger partial charge in [0.1, 0.15) is 0 Å². The third-order valence-corrected chi connectivity index (χ3v) is 3.25. The van der Waals surface area contributed by atoms with Gasteiger partial charge in [-0.05, 0) is 32.4 Å². The Bertz CT molecular complexity index is 295. The summed E-state index contributed by atoms with van der Waals surface area (Å²) in [5, 5.41) is 3.40. The van der Waals surface area contributed by atoms with Gasteiger partial charge in [0.05, 0.1) is 0 Å². The molecule has 0 fully saturated rings. The summed E-state index contributed by atoms with van der Waals surface area (Å²) in [5.74, 6) is 0. The summed E-state index contributed by atoms with van der Waals surface area (Å²) in [7, 11) is 0. The second kappa shape index (κ2) is 5.99. The van der Waals surface area contributed by atoms with Crippen molar-refractivity contribution in [2.24, 2.45) is 0 Å². The van der Waals surface area contributed by atoms with E-state index in [1.807, 2.05) is 11.3 Å². The molecule has 0 radical (unpaired) electrons. The maximum atomic E-state index is 3.40. The molecule has 78 valence electrons. The second-order valence-corrected chi connectivity index (χ2v) is 4.89. The van der Waals surface area contributed by atoms with E-state index in [0.717, 1.165) is 19.5 Å². The molecule has 1 rings (SSSR count). The summed E-state index contributed by atoms with van der Waals surface area (Å²) in [6, 6.07) is 4.45. The van der Waals surface area contributed by atoms with Crippen LogP contribution in [0.2, 0.25) is 0 Å². The van der Waals surface area contributed by atoms with Crippen LogP contribution in [0.5, 0.6) is 0 Å². The molecule has 0 unspecified atom stereocenters. The molecule has 14 heavy (non-hydrogen) atoms. The van der Waals surface area contributed by atoms with Gasteiger partial charge in [-0.25, -0.2) is 0 Å². The standard InChI is InChI=1S/C12H19NS/c1-4-11-5-6-12(14-11)9-13-8-7-10(2)3/h5-7,13H,4,8-9H2,1-3H3. The van der Waals surface area contributed by atoms with Crippen LogP contribution in [-0.2, 0) is 13.0 Å². The fourth-order valence-electron chi connectivity index (χ4n) is 1.18. The van der Waals surface area contributed by atoms with Gasteiger partial charge in [-0.3, -0.25) is 0 Å². The first-order chi connectivity index (χ1) is 6.72. The lowest BCUT2D eigenvalue weighted by Gasteiger charge is -1.98. The summed E-state index contributed by atoms with van der Waals surface area (Å²) >= 11 is 1.91. The van der Waals surface area contributed by atoms with E-state index < -0.39 is 0 Å². The maximum absolute atomic E-state index is 3.40. The summed E-state index contributed by atoms with van der Waals surface area (Å²) in [5.41, 5.74) is 1.37. The molecule has 0 atom stereocenters. The molecule has 0 saturated heterocycles. The molecule has 2 heteroatoms. The number of thiophene rings is 1. The van der Waals surface area contributed by atoms with Crippen molar-refractivity contribution in [1.82, 2.24) is 5.32 Å². The van der Waals surface area contributed by atoms with E-state index in [0.29, 0.717) is 0 Å². The fraction of sp³-hybridized carbons (Fsp3) is 0.500. The van der Waals surface area contributed by atoms with Crippen LogP contribution in [0.3, 0.4) is 0 Å². The van der Waals surface area contributed by atoms with Crippen molar-refractivity contribution >= 4 is 11.3 Å². The highest BCUT2D eigenvalue weighted by Crippen LogP contribution is 2.16. The van der Waals surface area contributed by atoms with Crippen LogP contribution in [0, 0.1) is 0 Å². The Kier molecular flexibility index (Phi) is 4.91. The van der Waals surface area contributed by atoms with Gasteiger partial charge >= 0.3 is 0 Å². The Morgan fingerprint density at radius 2 is 2.07 bits per heavy atom. The van der Waals surface area contributed by atoms with Crippen LogP contribution < -0.4 is 5.32 Å². The topological polar surface area (TPSA) is 12.0 Å². The minimum atomic E-state index is 0.974. The van der Waals surface area contributed by atoms with Gasteiger partial charge in [0.2, 0.25) is 0 Å². The minimum absolute atomic E-state index is 0.974. The number of nitrogens with one attached hydrogen (secondary N) is 1. The number of allylic oxidation sites excluding steroid dienone is 1. The van der Waals surface area contributed by atoms with Crippen molar-refractivity contribution in [3.63, 3.8) is 0 Å². The van der Waals surface area contributed by atoms with Crippen LogP contribution >= 0.6 is 11.3 Å². The van der Waals surface area contributed by atoms with Gasteiger partial charge in [0, 0.05) is 22.8 Å². The Morgan fingerprint density at radius 3 is 2.64 bits per heavy atom. The Labute approximate surface area is 90.9 Å². The predicted molar refractivity (Wildman–Crippen MR) is 64.8 cm³/mol. The molecule has 0 aromatic carbocycles. The molecule has 1 heterocycles. The van der Waals surface area contributed by atoms with E-state index in [9.17, 15) is 0 Å². The third-order valence-electron chi connectivity index (χ3n) is 2.02. The predicted octanol–water partition coefficient (Wildman–Crippen LogP) is 3.37. The summed E-state index contributed by atoms with van der Waals surface area (Å²) in [6.07, 6.45) is 3.37. The van der Waals surface area contributed by atoms with E-state index in [-0.39, 0.29) is 0 Å². The molecule has 0 aliphatic heterocycles. The molecule has 1 aromatic heterocycles. The van der Waals surface area contributed by atoms with E-state index >= 15 is 0 Å². The number of hydrogen-bond donors (Lipinski definition) is 1. The second-order valence-electron chi connectivity index (χ2n) is 3.63. The summed E-state index contributed by atoms with van der Waals surface area (Å²) < 4.78 is 0. The van der Waals surface area contributed by atoms with E-state index in [1.165, 1.54) is 15.3 Å². The average molecular weight is 209 g/mol. The van der Waals surface area contributed by atoms with Crippen LogP contribution in [0.4, 0.5) is 0 Å². The van der Waals surface area contributed by atoms with Crippen LogP contribution in [0.1, 0.15) is 30.5 Å². The molecular formula is C12H19NS. The third kappa shape index (κ3) is 4.07. The fourth-order valence-corrected chi connectivity index (χ4v) is 2.11. The average Bonchev–Trinajstić information content (AvgIpc) is 2.60. The van der Waals surface area contributed by atoms with Crippen molar-refractivity contribution in [3.05, 3.63) is 33.5 Å². The molecule has 0 aliphatic carbocycles.